The molecule has 1 aromatic rings. The summed E-state index contributed by atoms with van der Waals surface area (Å²) >= 11 is 0. The Morgan fingerprint density at radius 3 is 2.68 bits per heavy atom. The highest BCUT2D eigenvalue weighted by Crippen LogP contribution is 2.17. The van der Waals surface area contributed by atoms with E-state index in [0.29, 0.717) is 12.5 Å². The molecule has 2 rings (SSSR count). The second-order valence-electron chi connectivity index (χ2n) is 6.22. The smallest absolute Gasteiger partial charge is 0.321 e. The predicted molar refractivity (Wildman–Crippen MR) is 86.4 cm³/mol. The quantitative estimate of drug-likeness (QED) is 0.873. The van der Waals surface area contributed by atoms with E-state index in [2.05, 4.69) is 41.5 Å². The maximum Gasteiger partial charge on any atom is 0.321 e. The van der Waals surface area contributed by atoms with Crippen molar-refractivity contribution in [2.24, 2.45) is 5.92 Å². The molecule has 0 bridgehead atoms. The van der Waals surface area contributed by atoms with Crippen LogP contribution in [0.2, 0.25) is 0 Å². The molecule has 3 amide bonds. The van der Waals surface area contributed by atoms with Gasteiger partial charge in [-0.1, -0.05) is 38.1 Å². The number of hydrogen-bond acceptors (Lipinski definition) is 3. The standard InChI is InChI=1S/C17H25N3O2/c1-13(2)7-9-18-17(22)19-16(21)12-20-10-8-14-5-3-4-6-15(14)11-20/h3-6,13H,7-12H2,1-2H3,(H2,18,19,21,22). The van der Waals surface area contributed by atoms with Crippen molar-refractivity contribution in [2.75, 3.05) is 19.6 Å². The Morgan fingerprint density at radius 2 is 1.95 bits per heavy atom. The molecule has 0 spiro atoms. The van der Waals surface area contributed by atoms with Gasteiger partial charge in [-0.2, -0.15) is 0 Å². The summed E-state index contributed by atoms with van der Waals surface area (Å²) < 4.78 is 0. The van der Waals surface area contributed by atoms with E-state index >= 15 is 0 Å². The molecule has 1 aromatic carbocycles. The second kappa shape index (κ2) is 7.94. The van der Waals surface area contributed by atoms with Gasteiger partial charge in [0.1, 0.15) is 0 Å². The first-order valence-corrected chi connectivity index (χ1v) is 7.91. The maximum atomic E-state index is 11.9. The van der Waals surface area contributed by atoms with E-state index < -0.39 is 6.03 Å². The largest absolute Gasteiger partial charge is 0.338 e. The Kier molecular flexibility index (Phi) is 5.95. The number of imide groups is 1. The number of nitrogens with zero attached hydrogens (tertiary/aromatic N) is 1. The van der Waals surface area contributed by atoms with Crippen molar-refractivity contribution in [3.63, 3.8) is 0 Å². The molecule has 2 N–H and O–H groups in total. The van der Waals surface area contributed by atoms with Crippen molar-refractivity contribution in [1.82, 2.24) is 15.5 Å². The molecule has 0 radical (unpaired) electrons. The van der Waals surface area contributed by atoms with E-state index in [1.165, 1.54) is 11.1 Å². The molecular weight excluding hydrogens is 278 g/mol. The fraction of sp³-hybridized carbons (Fsp3) is 0.529. The molecule has 22 heavy (non-hydrogen) atoms. The van der Waals surface area contributed by atoms with Crippen molar-refractivity contribution >= 4 is 11.9 Å². The van der Waals surface area contributed by atoms with E-state index in [9.17, 15) is 9.59 Å². The highest BCUT2D eigenvalue weighted by molar-refractivity contribution is 5.95. The zero-order chi connectivity index (χ0) is 15.9. The van der Waals surface area contributed by atoms with Crippen molar-refractivity contribution in [3.8, 4) is 0 Å². The van der Waals surface area contributed by atoms with Crippen molar-refractivity contribution in [2.45, 2.75) is 33.2 Å². The Labute approximate surface area is 132 Å². The van der Waals surface area contributed by atoms with Crippen LogP contribution in [0.5, 0.6) is 0 Å². The van der Waals surface area contributed by atoms with Crippen LogP contribution in [0.1, 0.15) is 31.4 Å². The minimum atomic E-state index is -0.400. The van der Waals surface area contributed by atoms with Gasteiger partial charge in [-0.15, -0.1) is 0 Å². The lowest BCUT2D eigenvalue weighted by atomic mass is 10.00. The SMILES string of the molecule is CC(C)CCNC(=O)NC(=O)CN1CCc2ccccc2C1. The van der Waals surface area contributed by atoms with Crippen LogP contribution in [-0.4, -0.2) is 36.5 Å². The first kappa shape index (κ1) is 16.5. The molecule has 1 heterocycles. The van der Waals surface area contributed by atoms with Crippen LogP contribution < -0.4 is 10.6 Å². The third-order valence-electron chi connectivity index (χ3n) is 3.84. The van der Waals surface area contributed by atoms with Gasteiger partial charge in [0.25, 0.3) is 0 Å². The lowest BCUT2D eigenvalue weighted by molar-refractivity contribution is -0.121. The summed E-state index contributed by atoms with van der Waals surface area (Å²) in [6.07, 6.45) is 1.86. The first-order chi connectivity index (χ1) is 10.5. The minimum Gasteiger partial charge on any atom is -0.338 e. The Morgan fingerprint density at radius 1 is 1.23 bits per heavy atom. The van der Waals surface area contributed by atoms with Gasteiger partial charge in [-0.25, -0.2) is 4.79 Å². The van der Waals surface area contributed by atoms with Gasteiger partial charge in [0.05, 0.1) is 6.54 Å². The summed E-state index contributed by atoms with van der Waals surface area (Å²) in [7, 11) is 0. The molecule has 120 valence electrons. The van der Waals surface area contributed by atoms with Crippen molar-refractivity contribution < 1.29 is 9.59 Å². The molecular formula is C17H25N3O2. The van der Waals surface area contributed by atoms with Crippen LogP contribution in [0, 0.1) is 5.92 Å². The summed E-state index contributed by atoms with van der Waals surface area (Å²) in [4.78, 5) is 25.6. The lowest BCUT2D eigenvalue weighted by Gasteiger charge is -2.27. The Balaban J connectivity index is 1.73. The van der Waals surface area contributed by atoms with E-state index in [1.807, 2.05) is 12.1 Å². The van der Waals surface area contributed by atoms with Crippen LogP contribution in [0.25, 0.3) is 0 Å². The van der Waals surface area contributed by atoms with Gasteiger partial charge in [0, 0.05) is 19.6 Å². The minimum absolute atomic E-state index is 0.249. The first-order valence-electron chi connectivity index (χ1n) is 7.91. The number of nitrogens with one attached hydrogen (secondary N) is 2. The average Bonchev–Trinajstić information content (AvgIpc) is 2.46. The number of hydrogen-bond donors (Lipinski definition) is 2. The topological polar surface area (TPSA) is 61.4 Å². The molecule has 5 nitrogen and oxygen atoms in total. The molecule has 1 aliphatic heterocycles. The van der Waals surface area contributed by atoms with Gasteiger partial charge in [-0.3, -0.25) is 15.0 Å². The van der Waals surface area contributed by atoms with E-state index in [0.717, 1.165) is 25.9 Å². The normalized spacial score (nSPS) is 14.5. The molecule has 0 saturated heterocycles. The maximum absolute atomic E-state index is 11.9. The molecule has 5 heteroatoms. The second-order valence-corrected chi connectivity index (χ2v) is 6.22. The molecule has 0 unspecified atom stereocenters. The number of amides is 3. The predicted octanol–water partition coefficient (Wildman–Crippen LogP) is 1.92. The van der Waals surface area contributed by atoms with Crippen LogP contribution >= 0.6 is 0 Å². The van der Waals surface area contributed by atoms with E-state index in [-0.39, 0.29) is 12.5 Å². The van der Waals surface area contributed by atoms with Gasteiger partial charge >= 0.3 is 6.03 Å². The number of benzene rings is 1. The average molecular weight is 303 g/mol. The van der Waals surface area contributed by atoms with Crippen LogP contribution in [0.15, 0.2) is 24.3 Å². The van der Waals surface area contributed by atoms with Gasteiger partial charge in [-0.05, 0) is 29.9 Å². The molecule has 0 fully saturated rings. The fourth-order valence-corrected chi connectivity index (χ4v) is 2.58. The summed E-state index contributed by atoms with van der Waals surface area (Å²) in [5, 5.41) is 5.10. The summed E-state index contributed by atoms with van der Waals surface area (Å²) in [5.74, 6) is 0.283. The number of carbonyl (C=O) groups excluding carboxylic acids is 2. The molecule has 0 saturated carbocycles. The third kappa shape index (κ3) is 5.15. The van der Waals surface area contributed by atoms with E-state index in [4.69, 9.17) is 0 Å². The van der Waals surface area contributed by atoms with Crippen LogP contribution in [0.3, 0.4) is 0 Å². The zero-order valence-corrected chi connectivity index (χ0v) is 13.4. The highest BCUT2D eigenvalue weighted by atomic mass is 16.2. The van der Waals surface area contributed by atoms with Crippen molar-refractivity contribution in [1.29, 1.82) is 0 Å². The number of urea groups is 1. The summed E-state index contributed by atoms with van der Waals surface area (Å²) in [6, 6.07) is 7.89. The van der Waals surface area contributed by atoms with Crippen molar-refractivity contribution in [3.05, 3.63) is 35.4 Å². The zero-order valence-electron chi connectivity index (χ0n) is 13.4. The molecule has 0 atom stereocenters. The van der Waals surface area contributed by atoms with Crippen LogP contribution in [-0.2, 0) is 17.8 Å². The highest BCUT2D eigenvalue weighted by Gasteiger charge is 2.18. The monoisotopic (exact) mass is 303 g/mol. The Hall–Kier alpha value is -1.88. The fourth-order valence-electron chi connectivity index (χ4n) is 2.58. The Bertz CT molecular complexity index is 528. The summed E-state index contributed by atoms with van der Waals surface area (Å²) in [6.45, 7) is 6.65. The van der Waals surface area contributed by atoms with Gasteiger partial charge < -0.3 is 5.32 Å². The summed E-state index contributed by atoms with van der Waals surface area (Å²) in [5.41, 5.74) is 2.62. The number of carbonyl (C=O) groups is 2. The van der Waals surface area contributed by atoms with E-state index in [1.54, 1.807) is 0 Å². The molecule has 0 aromatic heterocycles. The molecule has 1 aliphatic rings. The molecule has 0 aliphatic carbocycles. The number of rotatable bonds is 5. The van der Waals surface area contributed by atoms with Gasteiger partial charge in [0.2, 0.25) is 5.91 Å². The number of fused-ring (bicyclic) bond motifs is 1. The van der Waals surface area contributed by atoms with Crippen LogP contribution in [0.4, 0.5) is 4.79 Å². The lowest BCUT2D eigenvalue weighted by Crippen LogP contribution is -2.45. The third-order valence-corrected chi connectivity index (χ3v) is 3.84. The van der Waals surface area contributed by atoms with Gasteiger partial charge in [0.15, 0.2) is 0 Å².